The van der Waals surface area contributed by atoms with Crippen LogP contribution >= 0.6 is 0 Å². The van der Waals surface area contributed by atoms with Crippen LogP contribution in [0.5, 0.6) is 5.75 Å². The number of morpholine rings is 1. The highest BCUT2D eigenvalue weighted by Crippen LogP contribution is 2.26. The van der Waals surface area contributed by atoms with E-state index >= 15 is 0 Å². The third-order valence-corrected chi connectivity index (χ3v) is 4.15. The third kappa shape index (κ3) is 2.84. The number of fused-ring (bicyclic) bond motifs is 1. The predicted octanol–water partition coefficient (Wildman–Crippen LogP) is 1.80. The van der Waals surface area contributed by atoms with Crippen molar-refractivity contribution >= 4 is 0 Å². The van der Waals surface area contributed by atoms with Crippen LogP contribution in [0.4, 0.5) is 0 Å². The van der Waals surface area contributed by atoms with Crippen LogP contribution in [0.2, 0.25) is 0 Å². The van der Waals surface area contributed by atoms with Gasteiger partial charge in [-0.05, 0) is 42.5 Å². The van der Waals surface area contributed by atoms with Gasteiger partial charge in [-0.15, -0.1) is 0 Å². The molecule has 1 aromatic carbocycles. The molecule has 2 aliphatic rings. The van der Waals surface area contributed by atoms with E-state index in [1.54, 1.807) is 0 Å². The molecule has 6 nitrogen and oxygen atoms in total. The summed E-state index contributed by atoms with van der Waals surface area (Å²) in [5.41, 5.74) is 2.84. The first kappa shape index (κ1) is 13.7. The Bertz CT molecular complexity index is 650. The molecular weight excluding hydrogens is 282 g/mol. The number of ether oxygens (including phenoxy) is 2. The first-order chi connectivity index (χ1) is 10.9. The number of nitrogens with one attached hydrogen (secondary N) is 1. The fraction of sp³-hybridized carbons (Fsp3) is 0.500. The zero-order valence-corrected chi connectivity index (χ0v) is 12.4. The monoisotopic (exact) mass is 301 g/mol. The van der Waals surface area contributed by atoms with E-state index in [9.17, 15) is 0 Å². The molecule has 1 fully saturated rings. The van der Waals surface area contributed by atoms with Gasteiger partial charge in [0.05, 0.1) is 19.3 Å². The SMILES string of the molecule is c1cc2c(cc1OCc1nc([C@H]3COCCN3)no1)CCC2. The van der Waals surface area contributed by atoms with Gasteiger partial charge in [-0.2, -0.15) is 4.98 Å². The lowest BCUT2D eigenvalue weighted by molar-refractivity contribution is 0.0734. The smallest absolute Gasteiger partial charge is 0.264 e. The van der Waals surface area contributed by atoms with Crippen LogP contribution in [0.15, 0.2) is 22.7 Å². The average molecular weight is 301 g/mol. The Balaban J connectivity index is 1.38. The first-order valence-electron chi connectivity index (χ1n) is 7.77. The maximum absolute atomic E-state index is 5.77. The molecule has 0 amide bonds. The predicted molar refractivity (Wildman–Crippen MR) is 78.7 cm³/mol. The number of hydrogen-bond donors (Lipinski definition) is 1. The van der Waals surface area contributed by atoms with E-state index in [1.807, 2.05) is 6.07 Å². The molecule has 0 radical (unpaired) electrons. The van der Waals surface area contributed by atoms with Crippen LogP contribution in [0.25, 0.3) is 0 Å². The van der Waals surface area contributed by atoms with E-state index in [1.165, 1.54) is 24.0 Å². The zero-order chi connectivity index (χ0) is 14.8. The van der Waals surface area contributed by atoms with Crippen molar-refractivity contribution < 1.29 is 14.0 Å². The summed E-state index contributed by atoms with van der Waals surface area (Å²) in [7, 11) is 0. The van der Waals surface area contributed by atoms with Crippen molar-refractivity contribution in [2.24, 2.45) is 0 Å². The molecule has 0 saturated carbocycles. The Hall–Kier alpha value is -1.92. The Kier molecular flexibility index (Phi) is 3.78. The quantitative estimate of drug-likeness (QED) is 0.928. The number of benzene rings is 1. The number of nitrogens with zero attached hydrogens (tertiary/aromatic N) is 2. The van der Waals surface area contributed by atoms with Crippen LogP contribution < -0.4 is 10.1 Å². The van der Waals surface area contributed by atoms with Crippen molar-refractivity contribution in [3.05, 3.63) is 41.0 Å². The van der Waals surface area contributed by atoms with Crippen LogP contribution in [0.3, 0.4) is 0 Å². The summed E-state index contributed by atoms with van der Waals surface area (Å²) < 4.78 is 16.4. The molecule has 116 valence electrons. The molecule has 1 aliphatic heterocycles. The third-order valence-electron chi connectivity index (χ3n) is 4.15. The molecule has 1 atom stereocenters. The van der Waals surface area contributed by atoms with E-state index in [0.717, 1.165) is 25.3 Å². The second-order valence-corrected chi connectivity index (χ2v) is 5.70. The Morgan fingerprint density at radius 1 is 1.27 bits per heavy atom. The maximum atomic E-state index is 5.77. The number of aryl methyl sites for hydroxylation is 2. The van der Waals surface area contributed by atoms with Gasteiger partial charge in [0.2, 0.25) is 0 Å². The molecule has 1 saturated heterocycles. The summed E-state index contributed by atoms with van der Waals surface area (Å²) >= 11 is 0. The van der Waals surface area contributed by atoms with Gasteiger partial charge in [-0.3, -0.25) is 0 Å². The van der Waals surface area contributed by atoms with Gasteiger partial charge in [-0.1, -0.05) is 11.2 Å². The molecule has 2 aromatic rings. The molecule has 1 aromatic heterocycles. The second-order valence-electron chi connectivity index (χ2n) is 5.70. The summed E-state index contributed by atoms with van der Waals surface area (Å²) in [6.45, 7) is 2.40. The van der Waals surface area contributed by atoms with Gasteiger partial charge < -0.3 is 19.3 Å². The highest BCUT2D eigenvalue weighted by atomic mass is 16.5. The van der Waals surface area contributed by atoms with E-state index in [0.29, 0.717) is 24.9 Å². The van der Waals surface area contributed by atoms with Gasteiger partial charge in [0.25, 0.3) is 5.89 Å². The lowest BCUT2D eigenvalue weighted by atomic mass is 10.1. The van der Waals surface area contributed by atoms with Crippen LogP contribution in [0, 0.1) is 0 Å². The standard InChI is InChI=1S/C16H19N3O3/c1-2-11-4-5-13(8-12(11)3-1)21-10-15-18-16(19-22-15)14-9-20-7-6-17-14/h4-5,8,14,17H,1-3,6-7,9-10H2/t14-/m1/s1. The molecule has 6 heteroatoms. The summed E-state index contributed by atoms with van der Waals surface area (Å²) in [6, 6.07) is 6.29. The van der Waals surface area contributed by atoms with Gasteiger partial charge in [0.15, 0.2) is 12.4 Å². The van der Waals surface area contributed by atoms with Crippen LogP contribution in [-0.4, -0.2) is 29.9 Å². The largest absolute Gasteiger partial charge is 0.484 e. The fourth-order valence-corrected chi connectivity index (χ4v) is 2.98. The van der Waals surface area contributed by atoms with Crippen molar-refractivity contribution in [1.29, 1.82) is 0 Å². The van der Waals surface area contributed by atoms with Gasteiger partial charge in [-0.25, -0.2) is 0 Å². The number of aromatic nitrogens is 2. The van der Waals surface area contributed by atoms with E-state index in [-0.39, 0.29) is 6.04 Å². The molecule has 4 rings (SSSR count). The van der Waals surface area contributed by atoms with Crippen molar-refractivity contribution in [2.75, 3.05) is 19.8 Å². The summed E-state index contributed by atoms with van der Waals surface area (Å²) in [6.07, 6.45) is 3.56. The second kappa shape index (κ2) is 6.06. The zero-order valence-electron chi connectivity index (χ0n) is 12.4. The lowest BCUT2D eigenvalue weighted by Crippen LogP contribution is -2.35. The molecule has 1 N–H and O–H groups in total. The van der Waals surface area contributed by atoms with Crippen molar-refractivity contribution in [2.45, 2.75) is 31.9 Å². The summed E-state index contributed by atoms with van der Waals surface area (Å²) in [4.78, 5) is 4.38. The van der Waals surface area contributed by atoms with Gasteiger partial charge >= 0.3 is 0 Å². The molecule has 0 spiro atoms. The van der Waals surface area contributed by atoms with Crippen LogP contribution in [0.1, 0.15) is 35.3 Å². The Morgan fingerprint density at radius 2 is 2.23 bits per heavy atom. The topological polar surface area (TPSA) is 69.4 Å². The van der Waals surface area contributed by atoms with Gasteiger partial charge in [0.1, 0.15) is 5.75 Å². The normalized spacial score (nSPS) is 20.8. The Morgan fingerprint density at radius 3 is 3.14 bits per heavy atom. The molecule has 0 unspecified atom stereocenters. The minimum Gasteiger partial charge on any atom is -0.484 e. The fourth-order valence-electron chi connectivity index (χ4n) is 2.98. The highest BCUT2D eigenvalue weighted by Gasteiger charge is 2.21. The van der Waals surface area contributed by atoms with Crippen LogP contribution in [-0.2, 0) is 24.2 Å². The maximum Gasteiger partial charge on any atom is 0.264 e. The molecule has 2 heterocycles. The minimum atomic E-state index is 0.00578. The molecule has 1 aliphatic carbocycles. The van der Waals surface area contributed by atoms with E-state index < -0.39 is 0 Å². The molecule has 0 bridgehead atoms. The summed E-state index contributed by atoms with van der Waals surface area (Å²) in [5, 5.41) is 7.30. The number of rotatable bonds is 4. The highest BCUT2D eigenvalue weighted by molar-refractivity contribution is 5.38. The van der Waals surface area contributed by atoms with E-state index in [2.05, 4.69) is 27.6 Å². The Labute approximate surface area is 128 Å². The average Bonchev–Trinajstić information content (AvgIpc) is 3.22. The van der Waals surface area contributed by atoms with Crippen molar-refractivity contribution in [1.82, 2.24) is 15.5 Å². The van der Waals surface area contributed by atoms with Crippen molar-refractivity contribution in [3.63, 3.8) is 0 Å². The first-order valence-corrected chi connectivity index (χ1v) is 7.77. The molecule has 22 heavy (non-hydrogen) atoms. The van der Waals surface area contributed by atoms with E-state index in [4.69, 9.17) is 14.0 Å². The number of hydrogen-bond acceptors (Lipinski definition) is 6. The lowest BCUT2D eigenvalue weighted by Gasteiger charge is -2.20. The summed E-state index contributed by atoms with van der Waals surface area (Å²) in [5.74, 6) is 1.98. The van der Waals surface area contributed by atoms with Crippen molar-refractivity contribution in [3.8, 4) is 5.75 Å². The molecular formula is C16H19N3O3. The minimum absolute atomic E-state index is 0.00578. The van der Waals surface area contributed by atoms with Gasteiger partial charge in [0, 0.05) is 6.54 Å².